The molecule has 19 heavy (non-hydrogen) atoms. The molecule has 4 heteroatoms. The van der Waals surface area contributed by atoms with Gasteiger partial charge in [0.05, 0.1) is 0 Å². The smallest absolute Gasteiger partial charge is 0.254 e. The van der Waals surface area contributed by atoms with Gasteiger partial charge in [0.2, 0.25) is 0 Å². The first-order valence-corrected chi connectivity index (χ1v) is 6.89. The highest BCUT2D eigenvalue weighted by molar-refractivity contribution is 5.20. The molecule has 1 heterocycles. The maximum atomic E-state index is 13.2. The molecule has 1 saturated carbocycles. The lowest BCUT2D eigenvalue weighted by Gasteiger charge is -2.32. The van der Waals surface area contributed by atoms with E-state index in [1.54, 1.807) is 0 Å². The van der Waals surface area contributed by atoms with Gasteiger partial charge in [-0.1, -0.05) is 18.2 Å². The molecule has 1 spiro atoms. The van der Waals surface area contributed by atoms with Gasteiger partial charge < -0.3 is 4.74 Å². The van der Waals surface area contributed by atoms with Gasteiger partial charge in [0.25, 0.3) is 5.92 Å². The number of likely N-dealkylation sites (tertiary alicyclic amines) is 1. The molecule has 1 aliphatic carbocycles. The quantitative estimate of drug-likeness (QED) is 0.830. The molecule has 0 atom stereocenters. The van der Waals surface area contributed by atoms with Crippen molar-refractivity contribution in [2.75, 3.05) is 26.2 Å². The van der Waals surface area contributed by atoms with Crippen molar-refractivity contribution in [3.8, 4) is 5.75 Å². The summed E-state index contributed by atoms with van der Waals surface area (Å²) in [6, 6.07) is 9.68. The molecule has 2 fully saturated rings. The monoisotopic (exact) mass is 267 g/mol. The molecule has 0 amide bonds. The van der Waals surface area contributed by atoms with Crippen LogP contribution in [0, 0.1) is 5.41 Å². The number of hydrogen-bond acceptors (Lipinski definition) is 2. The number of benzene rings is 1. The molecule has 1 aromatic carbocycles. The van der Waals surface area contributed by atoms with Crippen molar-refractivity contribution in [3.63, 3.8) is 0 Å². The molecule has 104 valence electrons. The normalized spacial score (nSPS) is 24.3. The molecule has 2 nitrogen and oxygen atoms in total. The van der Waals surface area contributed by atoms with Gasteiger partial charge in [0.1, 0.15) is 12.4 Å². The number of piperidine rings is 1. The summed E-state index contributed by atoms with van der Waals surface area (Å²) in [5.41, 5.74) is -0.649. The van der Waals surface area contributed by atoms with Gasteiger partial charge in [-0.3, -0.25) is 4.90 Å². The van der Waals surface area contributed by atoms with E-state index < -0.39 is 11.3 Å². The van der Waals surface area contributed by atoms with Gasteiger partial charge >= 0.3 is 0 Å². The molecule has 0 unspecified atom stereocenters. The predicted molar refractivity (Wildman–Crippen MR) is 69.6 cm³/mol. The minimum Gasteiger partial charge on any atom is -0.492 e. The molecular weight excluding hydrogens is 248 g/mol. The van der Waals surface area contributed by atoms with E-state index in [0.717, 1.165) is 25.4 Å². The Kier molecular flexibility index (Phi) is 3.21. The average Bonchev–Trinajstić information content (AvgIpc) is 2.94. The van der Waals surface area contributed by atoms with E-state index >= 15 is 0 Å². The summed E-state index contributed by atoms with van der Waals surface area (Å²) in [6.45, 7) is 2.98. The second-order valence-electron chi connectivity index (χ2n) is 5.66. The summed E-state index contributed by atoms with van der Waals surface area (Å²) in [5.74, 6) is -1.52. The van der Waals surface area contributed by atoms with Crippen molar-refractivity contribution in [1.29, 1.82) is 0 Å². The van der Waals surface area contributed by atoms with E-state index in [-0.39, 0.29) is 6.42 Å². The van der Waals surface area contributed by atoms with Crippen molar-refractivity contribution in [1.82, 2.24) is 4.90 Å². The summed E-state index contributed by atoms with van der Waals surface area (Å²) < 4.78 is 32.1. The Hall–Kier alpha value is -1.16. The lowest BCUT2D eigenvalue weighted by atomic mass is 9.93. The molecule has 1 aromatic rings. The fourth-order valence-electron chi connectivity index (χ4n) is 2.94. The molecule has 0 bridgehead atoms. The van der Waals surface area contributed by atoms with Crippen molar-refractivity contribution in [2.45, 2.75) is 25.2 Å². The fourth-order valence-corrected chi connectivity index (χ4v) is 2.94. The van der Waals surface area contributed by atoms with Gasteiger partial charge in [-0.25, -0.2) is 8.78 Å². The molecule has 1 saturated heterocycles. The van der Waals surface area contributed by atoms with E-state index in [4.69, 9.17) is 4.74 Å². The van der Waals surface area contributed by atoms with Crippen LogP contribution < -0.4 is 4.74 Å². The third-order valence-corrected chi connectivity index (χ3v) is 4.44. The Morgan fingerprint density at radius 1 is 1.11 bits per heavy atom. The molecule has 3 rings (SSSR count). The van der Waals surface area contributed by atoms with Crippen LogP contribution in [-0.2, 0) is 0 Å². The van der Waals surface area contributed by atoms with E-state index in [1.807, 2.05) is 30.3 Å². The number of nitrogens with zero attached hydrogens (tertiary/aromatic N) is 1. The first-order chi connectivity index (χ1) is 9.11. The topological polar surface area (TPSA) is 12.5 Å². The van der Waals surface area contributed by atoms with Crippen LogP contribution in [0.3, 0.4) is 0 Å². The summed E-state index contributed by atoms with van der Waals surface area (Å²) in [4.78, 5) is 2.22. The van der Waals surface area contributed by atoms with E-state index in [9.17, 15) is 8.78 Å². The minimum absolute atomic E-state index is 0.106. The van der Waals surface area contributed by atoms with Crippen molar-refractivity contribution < 1.29 is 13.5 Å². The summed E-state index contributed by atoms with van der Waals surface area (Å²) >= 11 is 0. The predicted octanol–water partition coefficient (Wildman–Crippen LogP) is 3.19. The molecule has 2 aliphatic rings. The third kappa shape index (κ3) is 2.59. The second-order valence-corrected chi connectivity index (χ2v) is 5.66. The fraction of sp³-hybridized carbons (Fsp3) is 0.600. The van der Waals surface area contributed by atoms with Gasteiger partial charge in [0.15, 0.2) is 0 Å². The van der Waals surface area contributed by atoms with Crippen molar-refractivity contribution in [2.24, 2.45) is 5.41 Å². The lowest BCUT2D eigenvalue weighted by Crippen LogP contribution is -2.38. The molecule has 0 aromatic heterocycles. The van der Waals surface area contributed by atoms with Gasteiger partial charge in [0, 0.05) is 18.4 Å². The first kappa shape index (κ1) is 12.9. The first-order valence-electron chi connectivity index (χ1n) is 6.89. The van der Waals surface area contributed by atoms with Crippen LogP contribution in [0.15, 0.2) is 30.3 Å². The Morgan fingerprint density at radius 3 is 2.32 bits per heavy atom. The summed E-state index contributed by atoms with van der Waals surface area (Å²) in [7, 11) is 0. The molecule has 0 N–H and O–H groups in total. The maximum Gasteiger partial charge on any atom is 0.254 e. The standard InChI is InChI=1S/C15H19F2NO/c16-15(17)12-14(15)6-8-18(9-7-14)10-11-19-13-4-2-1-3-5-13/h1-5H,6-12H2. The van der Waals surface area contributed by atoms with E-state index in [2.05, 4.69) is 4.90 Å². The highest BCUT2D eigenvalue weighted by atomic mass is 19.3. The average molecular weight is 267 g/mol. The third-order valence-electron chi connectivity index (χ3n) is 4.44. The zero-order chi connectivity index (χ0) is 13.3. The van der Waals surface area contributed by atoms with Crippen LogP contribution in [0.1, 0.15) is 19.3 Å². The number of halogens is 2. The van der Waals surface area contributed by atoms with Gasteiger partial charge in [-0.15, -0.1) is 0 Å². The summed E-state index contributed by atoms with van der Waals surface area (Å²) in [5, 5.41) is 0. The van der Waals surface area contributed by atoms with Crippen molar-refractivity contribution >= 4 is 0 Å². The number of hydrogen-bond donors (Lipinski definition) is 0. The maximum absolute atomic E-state index is 13.2. The van der Waals surface area contributed by atoms with Crippen LogP contribution in [-0.4, -0.2) is 37.1 Å². The largest absolute Gasteiger partial charge is 0.492 e. The van der Waals surface area contributed by atoms with Gasteiger partial charge in [-0.2, -0.15) is 0 Å². The number of alkyl halides is 2. The number of ether oxygens (including phenoxy) is 1. The van der Waals surface area contributed by atoms with Crippen LogP contribution in [0.2, 0.25) is 0 Å². The van der Waals surface area contributed by atoms with Crippen LogP contribution >= 0.6 is 0 Å². The Morgan fingerprint density at radius 2 is 1.74 bits per heavy atom. The zero-order valence-corrected chi connectivity index (χ0v) is 10.9. The highest BCUT2D eigenvalue weighted by Crippen LogP contribution is 2.65. The zero-order valence-electron chi connectivity index (χ0n) is 10.9. The molecule has 0 radical (unpaired) electrons. The van der Waals surface area contributed by atoms with Crippen LogP contribution in [0.5, 0.6) is 5.75 Å². The second kappa shape index (κ2) is 4.75. The minimum atomic E-state index is -2.39. The molecule has 1 aliphatic heterocycles. The molecular formula is C15H19F2NO. The summed E-state index contributed by atoms with van der Waals surface area (Å²) in [6.07, 6.45) is 1.37. The number of rotatable bonds is 4. The highest BCUT2D eigenvalue weighted by Gasteiger charge is 2.70. The SMILES string of the molecule is FC1(F)CC12CCN(CCOc1ccccc1)CC2. The van der Waals surface area contributed by atoms with Crippen molar-refractivity contribution in [3.05, 3.63) is 30.3 Å². The number of para-hydroxylation sites is 1. The van der Waals surface area contributed by atoms with Crippen LogP contribution in [0.4, 0.5) is 8.78 Å². The van der Waals surface area contributed by atoms with E-state index in [1.165, 1.54) is 0 Å². The van der Waals surface area contributed by atoms with Gasteiger partial charge in [-0.05, 0) is 38.1 Å². The Balaban J connectivity index is 1.39. The Labute approximate surface area is 112 Å². The Bertz CT molecular complexity index is 427. The van der Waals surface area contributed by atoms with E-state index in [0.29, 0.717) is 19.4 Å². The lowest BCUT2D eigenvalue weighted by molar-refractivity contribution is 0.0292. The van der Waals surface area contributed by atoms with Crippen LogP contribution in [0.25, 0.3) is 0 Å².